The molecule has 2 N–H and O–H groups in total. The van der Waals surface area contributed by atoms with Crippen molar-refractivity contribution in [3.63, 3.8) is 0 Å². The second-order valence-electron chi connectivity index (χ2n) is 7.04. The second kappa shape index (κ2) is 9.21. The lowest BCUT2D eigenvalue weighted by Crippen LogP contribution is -2.23. The maximum absolute atomic E-state index is 12.1. The average molecular weight is 368 g/mol. The van der Waals surface area contributed by atoms with Crippen LogP contribution in [0.3, 0.4) is 0 Å². The van der Waals surface area contributed by atoms with Crippen molar-refractivity contribution in [2.75, 3.05) is 18.5 Å². The number of amides is 2. The van der Waals surface area contributed by atoms with E-state index in [2.05, 4.69) is 31.4 Å². The Morgan fingerprint density at radius 3 is 2.15 bits per heavy atom. The van der Waals surface area contributed by atoms with Gasteiger partial charge >= 0.3 is 0 Å². The Hall–Kier alpha value is -2.82. The summed E-state index contributed by atoms with van der Waals surface area (Å²) >= 11 is 0. The van der Waals surface area contributed by atoms with Crippen LogP contribution in [0.15, 0.2) is 48.5 Å². The molecule has 0 aliphatic rings. The molecule has 0 atom stereocenters. The molecule has 2 aromatic rings. The van der Waals surface area contributed by atoms with Crippen molar-refractivity contribution in [1.29, 1.82) is 0 Å². The van der Waals surface area contributed by atoms with Crippen molar-refractivity contribution in [2.24, 2.45) is 0 Å². The highest BCUT2D eigenvalue weighted by Gasteiger charge is 2.17. The quantitative estimate of drug-likeness (QED) is 0.736. The summed E-state index contributed by atoms with van der Waals surface area (Å²) in [5, 5.41) is 5.49. The third-order valence-corrected chi connectivity index (χ3v) is 4.66. The summed E-state index contributed by atoms with van der Waals surface area (Å²) in [6.07, 6.45) is 1.05. The van der Waals surface area contributed by atoms with E-state index < -0.39 is 0 Å². The first-order valence-corrected chi connectivity index (χ1v) is 9.27. The predicted molar refractivity (Wildman–Crippen MR) is 108 cm³/mol. The molecule has 27 heavy (non-hydrogen) atoms. The van der Waals surface area contributed by atoms with E-state index in [0.29, 0.717) is 23.5 Å². The van der Waals surface area contributed by atoms with Crippen molar-refractivity contribution >= 4 is 17.5 Å². The summed E-state index contributed by atoms with van der Waals surface area (Å²) in [5.41, 5.74) is 2.54. The minimum atomic E-state index is -0.251. The van der Waals surface area contributed by atoms with E-state index in [1.165, 1.54) is 5.56 Å². The van der Waals surface area contributed by atoms with E-state index in [1.54, 1.807) is 24.3 Å². The smallest absolute Gasteiger partial charge is 0.262 e. The van der Waals surface area contributed by atoms with E-state index in [-0.39, 0.29) is 23.8 Å². The molecule has 0 saturated carbocycles. The average Bonchev–Trinajstić information content (AvgIpc) is 2.67. The fourth-order valence-corrected chi connectivity index (χ4v) is 2.52. The largest absolute Gasteiger partial charge is 0.484 e. The van der Waals surface area contributed by atoms with Crippen LogP contribution in [0.25, 0.3) is 0 Å². The number of carbonyl (C=O) groups is 2. The van der Waals surface area contributed by atoms with Gasteiger partial charge < -0.3 is 15.4 Å². The van der Waals surface area contributed by atoms with Crippen molar-refractivity contribution in [2.45, 2.75) is 39.5 Å². The number of nitrogens with one attached hydrogen (secondary N) is 2. The highest BCUT2D eigenvalue weighted by molar-refractivity contribution is 5.96. The molecule has 0 aromatic heterocycles. The number of ether oxygens (including phenoxy) is 1. The Balaban J connectivity index is 1.86. The highest BCUT2D eigenvalue weighted by atomic mass is 16.5. The van der Waals surface area contributed by atoms with Gasteiger partial charge in [-0.2, -0.15) is 0 Å². The van der Waals surface area contributed by atoms with Gasteiger partial charge in [0.05, 0.1) is 0 Å². The summed E-state index contributed by atoms with van der Waals surface area (Å²) < 4.78 is 5.56. The van der Waals surface area contributed by atoms with Crippen molar-refractivity contribution in [1.82, 2.24) is 5.32 Å². The topological polar surface area (TPSA) is 67.4 Å². The Morgan fingerprint density at radius 2 is 1.59 bits per heavy atom. The Kier molecular flexibility index (Phi) is 6.99. The van der Waals surface area contributed by atoms with Gasteiger partial charge in [-0.3, -0.25) is 9.59 Å². The van der Waals surface area contributed by atoms with Crippen molar-refractivity contribution in [3.8, 4) is 5.75 Å². The van der Waals surface area contributed by atoms with Gasteiger partial charge in [-0.15, -0.1) is 0 Å². The van der Waals surface area contributed by atoms with Crippen LogP contribution in [0.2, 0.25) is 0 Å². The van der Waals surface area contributed by atoms with Crippen LogP contribution in [-0.4, -0.2) is 25.0 Å². The van der Waals surface area contributed by atoms with Crippen LogP contribution in [-0.2, 0) is 10.2 Å². The zero-order valence-electron chi connectivity index (χ0n) is 16.5. The molecule has 0 radical (unpaired) electrons. The first-order valence-electron chi connectivity index (χ1n) is 9.27. The first kappa shape index (κ1) is 20.5. The van der Waals surface area contributed by atoms with Gasteiger partial charge in [0.1, 0.15) is 5.75 Å². The highest BCUT2D eigenvalue weighted by Crippen LogP contribution is 2.28. The van der Waals surface area contributed by atoms with Gasteiger partial charge in [0, 0.05) is 17.8 Å². The number of hydrogen-bond donors (Lipinski definition) is 2. The number of rotatable bonds is 8. The molecule has 0 unspecified atom stereocenters. The zero-order valence-corrected chi connectivity index (χ0v) is 16.5. The van der Waals surface area contributed by atoms with Crippen LogP contribution in [0, 0.1) is 0 Å². The van der Waals surface area contributed by atoms with Crippen LogP contribution in [0.4, 0.5) is 5.69 Å². The molecule has 0 aliphatic carbocycles. The number of anilines is 1. The minimum absolute atomic E-state index is 0.0748. The zero-order chi connectivity index (χ0) is 19.9. The lowest BCUT2D eigenvalue weighted by atomic mass is 9.82. The molecule has 0 heterocycles. The molecule has 0 fully saturated rings. The normalized spacial score (nSPS) is 11.0. The van der Waals surface area contributed by atoms with Crippen LogP contribution in [0.1, 0.15) is 50.0 Å². The Bertz CT molecular complexity index is 765. The maximum Gasteiger partial charge on any atom is 0.262 e. The van der Waals surface area contributed by atoms with Crippen molar-refractivity contribution in [3.05, 3.63) is 59.7 Å². The number of carbonyl (C=O) groups excluding carboxylic acids is 2. The van der Waals surface area contributed by atoms with Gasteiger partial charge in [0.25, 0.3) is 11.8 Å². The van der Waals surface area contributed by atoms with Crippen LogP contribution in [0.5, 0.6) is 5.75 Å². The van der Waals surface area contributed by atoms with Gasteiger partial charge in [0.15, 0.2) is 6.61 Å². The summed E-state index contributed by atoms with van der Waals surface area (Å²) in [6, 6.07) is 14.6. The molecule has 0 saturated heterocycles. The van der Waals surface area contributed by atoms with Crippen LogP contribution >= 0.6 is 0 Å². The Labute approximate surface area is 161 Å². The molecule has 2 rings (SSSR count). The summed E-state index contributed by atoms with van der Waals surface area (Å²) in [5.74, 6) is 0.277. The second-order valence-corrected chi connectivity index (χ2v) is 7.04. The maximum atomic E-state index is 12.1. The lowest BCUT2D eigenvalue weighted by molar-refractivity contribution is -0.118. The fraction of sp³-hybridized carbons (Fsp3) is 0.364. The standard InChI is InChI=1S/C22H28N2O3/c1-5-22(3,4)17-9-13-19(14-10-17)27-15-20(25)24-18-11-7-16(8-12-18)21(26)23-6-2/h7-14H,5-6,15H2,1-4H3,(H,23,26)(H,24,25). The number of hydrogen-bond acceptors (Lipinski definition) is 3. The molecule has 5 nitrogen and oxygen atoms in total. The van der Waals surface area contributed by atoms with Gasteiger partial charge in [-0.25, -0.2) is 0 Å². The third kappa shape index (κ3) is 5.84. The molecule has 144 valence electrons. The predicted octanol–water partition coefficient (Wildman–Crippen LogP) is 4.14. The monoisotopic (exact) mass is 368 g/mol. The van der Waals surface area contributed by atoms with Gasteiger partial charge in [-0.1, -0.05) is 32.9 Å². The molecule has 2 amide bonds. The molecular weight excluding hydrogens is 340 g/mol. The van der Waals surface area contributed by atoms with Gasteiger partial charge in [0.2, 0.25) is 0 Å². The third-order valence-electron chi connectivity index (χ3n) is 4.66. The van der Waals surface area contributed by atoms with E-state index in [4.69, 9.17) is 4.74 Å². The van der Waals surface area contributed by atoms with E-state index in [0.717, 1.165) is 6.42 Å². The SMILES string of the molecule is CCNC(=O)c1ccc(NC(=O)COc2ccc(C(C)(C)CC)cc2)cc1. The molecule has 2 aromatic carbocycles. The molecule has 0 spiro atoms. The van der Waals surface area contributed by atoms with E-state index >= 15 is 0 Å². The van der Waals surface area contributed by atoms with Gasteiger partial charge in [-0.05, 0) is 60.7 Å². The van der Waals surface area contributed by atoms with Crippen LogP contribution < -0.4 is 15.4 Å². The molecule has 0 bridgehead atoms. The minimum Gasteiger partial charge on any atom is -0.484 e. The molecule has 0 aliphatic heterocycles. The van der Waals surface area contributed by atoms with E-state index in [1.807, 2.05) is 31.2 Å². The Morgan fingerprint density at radius 1 is 0.963 bits per heavy atom. The summed E-state index contributed by atoms with van der Waals surface area (Å²) in [7, 11) is 0. The fourth-order valence-electron chi connectivity index (χ4n) is 2.52. The van der Waals surface area contributed by atoms with E-state index in [9.17, 15) is 9.59 Å². The summed E-state index contributed by atoms with van der Waals surface area (Å²) in [4.78, 5) is 23.8. The molecular formula is C22H28N2O3. The number of benzene rings is 2. The molecule has 5 heteroatoms. The summed E-state index contributed by atoms with van der Waals surface area (Å²) in [6.45, 7) is 8.93. The van der Waals surface area contributed by atoms with Crippen molar-refractivity contribution < 1.29 is 14.3 Å². The lowest BCUT2D eigenvalue weighted by Gasteiger charge is -2.23. The first-order chi connectivity index (χ1) is 12.9.